The Balaban J connectivity index is 2.49. The lowest BCUT2D eigenvalue weighted by Gasteiger charge is -2.29. The van der Waals surface area contributed by atoms with Gasteiger partial charge in [0, 0.05) is 29.1 Å². The second kappa shape index (κ2) is 7.06. The summed E-state index contributed by atoms with van der Waals surface area (Å²) >= 11 is 21.9. The standard InChI is InChI=1S/C7H13NS6/c9-4-5(10)3-8(6(11)12)7-13-1-2-14-7/h5,7,9-10H,1-4H2,(H,11,12). The normalized spacial score (nSPS) is 19.6. The minimum Gasteiger partial charge on any atom is -0.336 e. The van der Waals surface area contributed by atoms with Gasteiger partial charge in [-0.1, -0.05) is 12.2 Å². The summed E-state index contributed by atoms with van der Waals surface area (Å²) in [7, 11) is 0. The summed E-state index contributed by atoms with van der Waals surface area (Å²) in [6.45, 7) is 0.833. The van der Waals surface area contributed by atoms with Crippen LogP contribution < -0.4 is 0 Å². The van der Waals surface area contributed by atoms with Crippen molar-refractivity contribution in [3.8, 4) is 0 Å². The van der Waals surface area contributed by atoms with Crippen LogP contribution in [0.25, 0.3) is 0 Å². The fourth-order valence-corrected chi connectivity index (χ4v) is 4.90. The molecule has 0 amide bonds. The molecule has 1 unspecified atom stereocenters. The molecule has 1 aliphatic heterocycles. The lowest BCUT2D eigenvalue weighted by Crippen LogP contribution is -2.37. The minimum atomic E-state index is 0.255. The topological polar surface area (TPSA) is 3.24 Å². The van der Waals surface area contributed by atoms with Gasteiger partial charge in [-0.25, -0.2) is 0 Å². The van der Waals surface area contributed by atoms with Crippen LogP contribution in [0, 0.1) is 0 Å². The molecule has 1 saturated heterocycles. The molecular formula is C7H13NS6. The Morgan fingerprint density at radius 1 is 1.50 bits per heavy atom. The molecule has 0 aromatic rings. The molecule has 1 nitrogen and oxygen atoms in total. The van der Waals surface area contributed by atoms with Crippen LogP contribution in [-0.4, -0.2) is 43.0 Å². The van der Waals surface area contributed by atoms with E-state index in [-0.39, 0.29) is 5.25 Å². The molecular weight excluding hydrogens is 290 g/mol. The SMILES string of the molecule is S=C(S)N(CC(S)CS)C1SCCS1. The Hall–Kier alpha value is 1.64. The first-order chi connectivity index (χ1) is 6.65. The number of thiol groups is 3. The van der Waals surface area contributed by atoms with Gasteiger partial charge in [0.25, 0.3) is 0 Å². The van der Waals surface area contributed by atoms with E-state index in [1.54, 1.807) is 0 Å². The fraction of sp³-hybridized carbons (Fsp3) is 0.857. The van der Waals surface area contributed by atoms with Crippen molar-refractivity contribution in [1.29, 1.82) is 0 Å². The van der Waals surface area contributed by atoms with Crippen molar-refractivity contribution in [2.75, 3.05) is 23.8 Å². The van der Waals surface area contributed by atoms with E-state index in [0.29, 0.717) is 9.03 Å². The van der Waals surface area contributed by atoms with Gasteiger partial charge in [-0.05, 0) is 0 Å². The summed E-state index contributed by atoms with van der Waals surface area (Å²) in [6, 6.07) is 0. The fourth-order valence-electron chi connectivity index (χ4n) is 1.07. The Morgan fingerprint density at radius 3 is 2.50 bits per heavy atom. The van der Waals surface area contributed by atoms with Crippen LogP contribution in [0.5, 0.6) is 0 Å². The molecule has 14 heavy (non-hydrogen) atoms. The number of hydrogen-bond donors (Lipinski definition) is 3. The van der Waals surface area contributed by atoms with Crippen molar-refractivity contribution < 1.29 is 0 Å². The summed E-state index contributed by atoms with van der Waals surface area (Å²) in [5, 5.41) is 0.255. The van der Waals surface area contributed by atoms with E-state index in [4.69, 9.17) is 12.2 Å². The maximum absolute atomic E-state index is 5.12. The van der Waals surface area contributed by atoms with Gasteiger partial charge in [0.15, 0.2) is 0 Å². The van der Waals surface area contributed by atoms with Gasteiger partial charge in [-0.15, -0.1) is 36.2 Å². The smallest absolute Gasteiger partial charge is 0.134 e. The monoisotopic (exact) mass is 303 g/mol. The van der Waals surface area contributed by atoms with Crippen molar-refractivity contribution in [3.05, 3.63) is 0 Å². The molecule has 1 fully saturated rings. The highest BCUT2D eigenvalue weighted by atomic mass is 32.2. The molecule has 0 bridgehead atoms. The molecule has 0 aromatic carbocycles. The second-order valence-electron chi connectivity index (χ2n) is 2.82. The van der Waals surface area contributed by atoms with Crippen LogP contribution in [0.15, 0.2) is 0 Å². The van der Waals surface area contributed by atoms with Gasteiger partial charge in [0.05, 0.1) is 0 Å². The van der Waals surface area contributed by atoms with Crippen molar-refractivity contribution in [1.82, 2.24) is 4.90 Å². The van der Waals surface area contributed by atoms with Crippen molar-refractivity contribution in [2.24, 2.45) is 0 Å². The second-order valence-corrected chi connectivity index (χ2v) is 7.70. The van der Waals surface area contributed by atoms with E-state index in [9.17, 15) is 0 Å². The van der Waals surface area contributed by atoms with Crippen LogP contribution in [0.3, 0.4) is 0 Å². The van der Waals surface area contributed by atoms with Gasteiger partial charge < -0.3 is 4.90 Å². The first kappa shape index (κ1) is 13.7. The number of thioether (sulfide) groups is 2. The summed E-state index contributed by atoms with van der Waals surface area (Å²) < 4.78 is 1.09. The third-order valence-corrected chi connectivity index (χ3v) is 6.32. The molecule has 7 heteroatoms. The molecule has 82 valence electrons. The first-order valence-corrected chi connectivity index (χ1v) is 8.27. The Morgan fingerprint density at radius 2 is 2.07 bits per heavy atom. The summed E-state index contributed by atoms with van der Waals surface area (Å²) in [5.74, 6) is 3.15. The molecule has 1 heterocycles. The van der Waals surface area contributed by atoms with Gasteiger partial charge in [-0.3, -0.25) is 0 Å². The van der Waals surface area contributed by atoms with Crippen LogP contribution in [0.2, 0.25) is 0 Å². The zero-order valence-corrected chi connectivity index (χ0v) is 12.6. The highest BCUT2D eigenvalue weighted by Crippen LogP contribution is 2.35. The summed E-state index contributed by atoms with van der Waals surface area (Å²) in [4.78, 5) is 2.13. The number of thiocarbonyl (C=S) groups is 1. The zero-order valence-electron chi connectivity index (χ0n) is 7.50. The molecule has 0 aliphatic carbocycles. The van der Waals surface area contributed by atoms with E-state index >= 15 is 0 Å². The number of nitrogens with zero attached hydrogens (tertiary/aromatic N) is 1. The van der Waals surface area contributed by atoms with Crippen LogP contribution in [0.4, 0.5) is 0 Å². The molecule has 1 atom stereocenters. The van der Waals surface area contributed by atoms with E-state index in [1.807, 2.05) is 23.5 Å². The predicted molar refractivity (Wildman–Crippen MR) is 83.6 cm³/mol. The molecule has 0 spiro atoms. The largest absolute Gasteiger partial charge is 0.336 e. The van der Waals surface area contributed by atoms with Gasteiger partial charge in [-0.2, -0.15) is 25.3 Å². The Labute approximate surface area is 116 Å². The summed E-state index contributed by atoms with van der Waals surface area (Å²) in [5.41, 5.74) is 0. The van der Waals surface area contributed by atoms with E-state index in [2.05, 4.69) is 42.8 Å². The van der Waals surface area contributed by atoms with Gasteiger partial charge in [0.2, 0.25) is 0 Å². The highest BCUT2D eigenvalue weighted by molar-refractivity contribution is 8.20. The van der Waals surface area contributed by atoms with Crippen molar-refractivity contribution in [3.63, 3.8) is 0 Å². The highest BCUT2D eigenvalue weighted by Gasteiger charge is 2.25. The molecule has 0 N–H and O–H groups in total. The van der Waals surface area contributed by atoms with Crippen molar-refractivity contribution >= 4 is 77.9 Å². The third kappa shape index (κ3) is 4.25. The lowest BCUT2D eigenvalue weighted by molar-refractivity contribution is 0.489. The third-order valence-electron chi connectivity index (χ3n) is 1.72. The quantitative estimate of drug-likeness (QED) is 0.541. The molecule has 0 radical (unpaired) electrons. The van der Waals surface area contributed by atoms with Crippen molar-refractivity contribution in [2.45, 2.75) is 9.96 Å². The average Bonchev–Trinajstić information content (AvgIpc) is 2.65. The zero-order chi connectivity index (χ0) is 10.6. The first-order valence-electron chi connectivity index (χ1n) is 4.17. The maximum Gasteiger partial charge on any atom is 0.134 e. The Kier molecular flexibility index (Phi) is 6.91. The minimum absolute atomic E-state index is 0.255. The molecule has 1 rings (SSSR count). The number of hydrogen-bond acceptors (Lipinski definition) is 5. The number of rotatable bonds is 4. The van der Waals surface area contributed by atoms with Crippen LogP contribution >= 0.6 is 73.6 Å². The van der Waals surface area contributed by atoms with Gasteiger partial charge in [0.1, 0.15) is 9.03 Å². The van der Waals surface area contributed by atoms with E-state index in [0.717, 1.165) is 12.3 Å². The predicted octanol–water partition coefficient (Wildman–Crippen LogP) is 2.49. The van der Waals surface area contributed by atoms with E-state index < -0.39 is 0 Å². The molecule has 0 aromatic heterocycles. The summed E-state index contributed by atoms with van der Waals surface area (Å²) in [6.07, 6.45) is 0. The van der Waals surface area contributed by atoms with Crippen LogP contribution in [0.1, 0.15) is 0 Å². The molecule has 0 saturated carbocycles. The Bertz CT molecular complexity index is 193. The maximum atomic E-state index is 5.12. The average molecular weight is 304 g/mol. The lowest BCUT2D eigenvalue weighted by atomic mass is 10.4. The van der Waals surface area contributed by atoms with Crippen LogP contribution in [-0.2, 0) is 0 Å². The molecule has 1 aliphatic rings. The van der Waals surface area contributed by atoms with Gasteiger partial charge >= 0.3 is 0 Å². The van der Waals surface area contributed by atoms with E-state index in [1.165, 1.54) is 11.5 Å².